The highest BCUT2D eigenvalue weighted by atomic mass is 16.6. The number of nitro groups is 1. The largest absolute Gasteiger partial charge is 0.493 e. The molecule has 0 saturated heterocycles. The Labute approximate surface area is 139 Å². The number of hydrogen-bond acceptors (Lipinski definition) is 5. The number of nitro benzene ring substituents is 1. The molecule has 0 fully saturated rings. The molecule has 0 spiro atoms. The van der Waals surface area contributed by atoms with Crippen LogP contribution in [0, 0.1) is 17.0 Å². The number of hydrogen-bond donors (Lipinski definition) is 1. The summed E-state index contributed by atoms with van der Waals surface area (Å²) >= 11 is 0. The maximum absolute atomic E-state index is 12.3. The number of carbonyl (C=O) groups excluding carboxylic acids is 1. The van der Waals surface area contributed by atoms with Gasteiger partial charge in [0.25, 0.3) is 11.6 Å². The Morgan fingerprint density at radius 3 is 2.46 bits per heavy atom. The summed E-state index contributed by atoms with van der Waals surface area (Å²) in [6.45, 7) is 3.17. The van der Waals surface area contributed by atoms with E-state index in [0.29, 0.717) is 22.7 Å². The van der Waals surface area contributed by atoms with Gasteiger partial charge in [0.2, 0.25) is 0 Å². The second-order valence-corrected chi connectivity index (χ2v) is 5.11. The molecule has 7 heteroatoms. The molecule has 0 heterocycles. The van der Waals surface area contributed by atoms with Crippen molar-refractivity contribution in [3.05, 3.63) is 58.1 Å². The maximum atomic E-state index is 12.3. The van der Waals surface area contributed by atoms with Crippen molar-refractivity contribution in [2.75, 3.05) is 12.4 Å². The lowest BCUT2D eigenvalue weighted by Crippen LogP contribution is -2.30. The molecule has 0 bridgehead atoms. The van der Waals surface area contributed by atoms with Gasteiger partial charge >= 0.3 is 0 Å². The molecule has 0 saturated carbocycles. The molecule has 0 radical (unpaired) electrons. The number of rotatable bonds is 6. The summed E-state index contributed by atoms with van der Waals surface area (Å²) in [4.78, 5) is 22.8. The molecule has 7 nitrogen and oxygen atoms in total. The van der Waals surface area contributed by atoms with Crippen molar-refractivity contribution in [3.8, 4) is 11.5 Å². The molecule has 24 heavy (non-hydrogen) atoms. The molecule has 1 amide bonds. The third kappa shape index (κ3) is 3.81. The van der Waals surface area contributed by atoms with Gasteiger partial charge < -0.3 is 14.8 Å². The van der Waals surface area contributed by atoms with Crippen LogP contribution in [0.2, 0.25) is 0 Å². The fraction of sp³-hybridized carbons (Fsp3) is 0.235. The van der Waals surface area contributed by atoms with Crippen LogP contribution in [0.1, 0.15) is 12.5 Å². The third-order valence-electron chi connectivity index (χ3n) is 3.50. The van der Waals surface area contributed by atoms with Crippen LogP contribution in [0.3, 0.4) is 0 Å². The summed E-state index contributed by atoms with van der Waals surface area (Å²) in [5, 5.41) is 13.6. The predicted octanol–water partition coefficient (Wildman–Crippen LogP) is 3.32. The normalized spacial score (nSPS) is 11.5. The minimum atomic E-state index is -0.806. The van der Waals surface area contributed by atoms with Gasteiger partial charge in [-0.3, -0.25) is 14.9 Å². The number of amides is 1. The van der Waals surface area contributed by atoms with Crippen molar-refractivity contribution in [2.24, 2.45) is 0 Å². The fourth-order valence-corrected chi connectivity index (χ4v) is 2.15. The fourth-order valence-electron chi connectivity index (χ4n) is 2.15. The van der Waals surface area contributed by atoms with Crippen LogP contribution in [0.4, 0.5) is 11.4 Å². The van der Waals surface area contributed by atoms with Crippen molar-refractivity contribution in [1.29, 1.82) is 0 Å². The molecule has 2 aromatic carbocycles. The van der Waals surface area contributed by atoms with Gasteiger partial charge in [-0.2, -0.15) is 0 Å². The van der Waals surface area contributed by atoms with Gasteiger partial charge in [-0.1, -0.05) is 18.2 Å². The van der Waals surface area contributed by atoms with Gasteiger partial charge in [0.05, 0.1) is 23.3 Å². The van der Waals surface area contributed by atoms with E-state index < -0.39 is 16.9 Å². The Morgan fingerprint density at radius 1 is 1.17 bits per heavy atom. The number of methoxy groups -OCH3 is 1. The van der Waals surface area contributed by atoms with Gasteiger partial charge in [-0.15, -0.1) is 0 Å². The van der Waals surface area contributed by atoms with E-state index >= 15 is 0 Å². The number of para-hydroxylation sites is 2. The van der Waals surface area contributed by atoms with Crippen molar-refractivity contribution in [3.63, 3.8) is 0 Å². The van der Waals surface area contributed by atoms with Crippen LogP contribution in [0.15, 0.2) is 42.5 Å². The number of nitrogens with one attached hydrogen (secondary N) is 1. The van der Waals surface area contributed by atoms with Crippen molar-refractivity contribution < 1.29 is 19.2 Å². The van der Waals surface area contributed by atoms with E-state index in [0.717, 1.165) is 0 Å². The van der Waals surface area contributed by atoms with Gasteiger partial charge in [-0.05, 0) is 32.0 Å². The summed E-state index contributed by atoms with van der Waals surface area (Å²) in [6.07, 6.45) is -0.806. The Hall–Kier alpha value is -3.09. The number of anilines is 1. The monoisotopic (exact) mass is 330 g/mol. The predicted molar refractivity (Wildman–Crippen MR) is 89.5 cm³/mol. The first-order chi connectivity index (χ1) is 11.4. The van der Waals surface area contributed by atoms with Crippen molar-refractivity contribution in [1.82, 2.24) is 0 Å². The van der Waals surface area contributed by atoms with Crippen LogP contribution in [0.5, 0.6) is 11.5 Å². The Balaban J connectivity index is 2.12. The first-order valence-electron chi connectivity index (χ1n) is 7.28. The van der Waals surface area contributed by atoms with Crippen LogP contribution in [0.25, 0.3) is 0 Å². The Bertz CT molecular complexity index is 760. The molecule has 1 N–H and O–H groups in total. The lowest BCUT2D eigenvalue weighted by Gasteiger charge is -2.17. The van der Waals surface area contributed by atoms with Crippen LogP contribution < -0.4 is 14.8 Å². The zero-order valence-corrected chi connectivity index (χ0v) is 13.6. The minimum Gasteiger partial charge on any atom is -0.493 e. The molecular weight excluding hydrogens is 312 g/mol. The topological polar surface area (TPSA) is 90.7 Å². The number of ether oxygens (including phenoxy) is 2. The summed E-state index contributed by atoms with van der Waals surface area (Å²) in [5.41, 5.74) is 0.719. The quantitative estimate of drug-likeness (QED) is 0.648. The molecule has 0 aliphatic carbocycles. The zero-order valence-electron chi connectivity index (χ0n) is 13.6. The Morgan fingerprint density at radius 2 is 1.83 bits per heavy atom. The van der Waals surface area contributed by atoms with Gasteiger partial charge in [0, 0.05) is 6.07 Å². The van der Waals surface area contributed by atoms with Crippen molar-refractivity contribution >= 4 is 17.3 Å². The number of carbonyl (C=O) groups is 1. The Kier molecular flexibility index (Phi) is 5.36. The summed E-state index contributed by atoms with van der Waals surface area (Å²) in [7, 11) is 1.51. The summed E-state index contributed by atoms with van der Waals surface area (Å²) < 4.78 is 10.8. The summed E-state index contributed by atoms with van der Waals surface area (Å²) in [5.74, 6) is 0.548. The first-order valence-corrected chi connectivity index (χ1v) is 7.28. The second kappa shape index (κ2) is 7.45. The van der Waals surface area contributed by atoms with E-state index in [-0.39, 0.29) is 5.69 Å². The van der Waals surface area contributed by atoms with E-state index in [1.54, 1.807) is 44.2 Å². The first kappa shape index (κ1) is 17.3. The number of benzene rings is 2. The molecule has 0 aromatic heterocycles. The summed E-state index contributed by atoms with van der Waals surface area (Å²) in [6, 6.07) is 11.5. The lowest BCUT2D eigenvalue weighted by molar-refractivity contribution is -0.385. The number of nitrogens with zero attached hydrogens (tertiary/aromatic N) is 1. The van der Waals surface area contributed by atoms with E-state index in [4.69, 9.17) is 9.47 Å². The highest BCUT2D eigenvalue weighted by Gasteiger charge is 2.20. The third-order valence-corrected chi connectivity index (χ3v) is 3.50. The van der Waals surface area contributed by atoms with Crippen molar-refractivity contribution in [2.45, 2.75) is 20.0 Å². The molecular formula is C17H18N2O5. The molecule has 0 aliphatic heterocycles. The van der Waals surface area contributed by atoms with E-state index in [9.17, 15) is 14.9 Å². The highest BCUT2D eigenvalue weighted by molar-refractivity contribution is 5.95. The molecule has 2 aromatic rings. The standard InChI is InChI=1S/C17H18N2O5/c1-11-13(7-6-8-14(11)19(21)22)18-17(20)12(2)24-16-10-5-4-9-15(16)23-3/h4-10,12H,1-3H3,(H,18,20). The van der Waals surface area contributed by atoms with E-state index in [1.165, 1.54) is 19.2 Å². The minimum absolute atomic E-state index is 0.0499. The van der Waals surface area contributed by atoms with Gasteiger partial charge in [0.15, 0.2) is 17.6 Å². The second-order valence-electron chi connectivity index (χ2n) is 5.11. The maximum Gasteiger partial charge on any atom is 0.274 e. The van der Waals surface area contributed by atoms with E-state index in [2.05, 4.69) is 5.32 Å². The smallest absolute Gasteiger partial charge is 0.274 e. The lowest BCUT2D eigenvalue weighted by atomic mass is 10.1. The average Bonchev–Trinajstić information content (AvgIpc) is 2.56. The molecule has 1 atom stereocenters. The molecule has 1 unspecified atom stereocenters. The van der Waals surface area contributed by atoms with Gasteiger partial charge in [-0.25, -0.2) is 0 Å². The average molecular weight is 330 g/mol. The highest BCUT2D eigenvalue weighted by Crippen LogP contribution is 2.28. The molecule has 2 rings (SSSR count). The molecule has 126 valence electrons. The zero-order chi connectivity index (χ0) is 17.7. The van der Waals surface area contributed by atoms with Crippen LogP contribution >= 0.6 is 0 Å². The SMILES string of the molecule is COc1ccccc1OC(C)C(=O)Nc1cccc([N+](=O)[O-])c1C. The van der Waals surface area contributed by atoms with E-state index in [1.807, 2.05) is 0 Å². The molecule has 0 aliphatic rings. The van der Waals surface area contributed by atoms with Crippen LogP contribution in [-0.2, 0) is 4.79 Å². The van der Waals surface area contributed by atoms with Crippen LogP contribution in [-0.4, -0.2) is 24.0 Å². The van der Waals surface area contributed by atoms with Gasteiger partial charge in [0.1, 0.15) is 0 Å².